The summed E-state index contributed by atoms with van der Waals surface area (Å²) >= 11 is 0. The quantitative estimate of drug-likeness (QED) is 0.707. The van der Waals surface area contributed by atoms with Crippen molar-refractivity contribution in [2.24, 2.45) is 0 Å². The van der Waals surface area contributed by atoms with E-state index in [1.54, 1.807) is 21.3 Å². The maximum absolute atomic E-state index is 11.6. The number of hydrogen-bond donors (Lipinski definition) is 1. The Balaban J connectivity index is 1.72. The molecule has 5 heteroatoms. The van der Waals surface area contributed by atoms with Gasteiger partial charge in [0.2, 0.25) is 0 Å². The van der Waals surface area contributed by atoms with E-state index in [0.29, 0.717) is 17.9 Å². The Labute approximate surface area is 175 Å². The molecule has 0 amide bonds. The lowest BCUT2D eigenvalue weighted by Gasteiger charge is -2.37. The van der Waals surface area contributed by atoms with Crippen molar-refractivity contribution in [3.05, 3.63) is 71.3 Å². The van der Waals surface area contributed by atoms with E-state index in [1.165, 1.54) is 0 Å². The van der Waals surface area contributed by atoms with Gasteiger partial charge in [-0.3, -0.25) is 0 Å². The van der Waals surface area contributed by atoms with Gasteiger partial charge in [0.05, 0.1) is 21.3 Å². The van der Waals surface area contributed by atoms with Crippen LogP contribution in [0.3, 0.4) is 0 Å². The first kappa shape index (κ1) is 18.8. The Morgan fingerprint density at radius 3 is 2.27 bits per heavy atom. The molecule has 5 rings (SSSR count). The van der Waals surface area contributed by atoms with Crippen LogP contribution in [0.5, 0.6) is 23.0 Å². The van der Waals surface area contributed by atoms with E-state index in [9.17, 15) is 5.11 Å². The van der Waals surface area contributed by atoms with Crippen molar-refractivity contribution >= 4 is 0 Å². The largest absolute Gasteiger partial charge is 0.496 e. The summed E-state index contributed by atoms with van der Waals surface area (Å²) in [5.41, 5.74) is 4.05. The Hall–Kier alpha value is -3.18. The summed E-state index contributed by atoms with van der Waals surface area (Å²) < 4.78 is 22.7. The van der Waals surface area contributed by atoms with E-state index >= 15 is 0 Å². The third-order valence-corrected chi connectivity index (χ3v) is 6.20. The lowest BCUT2D eigenvalue weighted by molar-refractivity contribution is -0.0218. The highest BCUT2D eigenvalue weighted by Gasteiger charge is 2.50. The van der Waals surface area contributed by atoms with Gasteiger partial charge in [-0.25, -0.2) is 0 Å². The Morgan fingerprint density at radius 2 is 1.57 bits per heavy atom. The van der Waals surface area contributed by atoms with Crippen molar-refractivity contribution in [1.29, 1.82) is 0 Å². The molecule has 154 valence electrons. The van der Waals surface area contributed by atoms with Crippen LogP contribution in [0.25, 0.3) is 11.1 Å². The molecule has 2 atom stereocenters. The van der Waals surface area contributed by atoms with Gasteiger partial charge in [-0.1, -0.05) is 30.3 Å². The Morgan fingerprint density at radius 1 is 0.867 bits per heavy atom. The van der Waals surface area contributed by atoms with Gasteiger partial charge in [0, 0.05) is 29.5 Å². The molecule has 3 aromatic rings. The first-order chi connectivity index (χ1) is 14.6. The predicted octanol–water partition coefficient (Wildman–Crippen LogP) is 4.19. The highest BCUT2D eigenvalue weighted by atomic mass is 16.5. The predicted molar refractivity (Wildman–Crippen MR) is 114 cm³/mol. The maximum atomic E-state index is 11.6. The third kappa shape index (κ3) is 2.73. The second-order valence-electron chi connectivity index (χ2n) is 7.86. The molecule has 2 unspecified atom stereocenters. The molecule has 3 aromatic carbocycles. The van der Waals surface area contributed by atoms with E-state index in [-0.39, 0.29) is 12.5 Å². The third-order valence-electron chi connectivity index (χ3n) is 6.20. The summed E-state index contributed by atoms with van der Waals surface area (Å²) in [4.78, 5) is 0. The topological polar surface area (TPSA) is 57.2 Å². The SMILES string of the molecule is COc1cc2c(cc1OC)C1c3cc(-c4ccccc4)c(OC)cc3OCC1(O)C2. The summed E-state index contributed by atoms with van der Waals surface area (Å²) in [6.45, 7) is 0.220. The van der Waals surface area contributed by atoms with Crippen molar-refractivity contribution in [2.75, 3.05) is 27.9 Å². The van der Waals surface area contributed by atoms with Gasteiger partial charge in [-0.05, 0) is 34.9 Å². The molecule has 0 saturated heterocycles. The van der Waals surface area contributed by atoms with Crippen LogP contribution in [0, 0.1) is 0 Å². The Bertz CT molecular complexity index is 1110. The molecule has 0 saturated carbocycles. The second-order valence-corrected chi connectivity index (χ2v) is 7.86. The number of hydrogen-bond acceptors (Lipinski definition) is 5. The number of rotatable bonds is 4. The maximum Gasteiger partial charge on any atom is 0.161 e. The monoisotopic (exact) mass is 404 g/mol. The van der Waals surface area contributed by atoms with Gasteiger partial charge >= 0.3 is 0 Å². The number of aliphatic hydroxyl groups is 1. The Kier molecular flexibility index (Phi) is 4.36. The van der Waals surface area contributed by atoms with Crippen LogP contribution in [0.1, 0.15) is 22.6 Å². The van der Waals surface area contributed by atoms with Gasteiger partial charge in [-0.2, -0.15) is 0 Å². The molecule has 0 spiro atoms. The molecule has 30 heavy (non-hydrogen) atoms. The molecule has 0 bridgehead atoms. The van der Waals surface area contributed by atoms with Gasteiger partial charge in [-0.15, -0.1) is 0 Å². The molecule has 2 aliphatic rings. The molecule has 1 heterocycles. The van der Waals surface area contributed by atoms with E-state index in [0.717, 1.165) is 39.3 Å². The molecule has 1 N–H and O–H groups in total. The fraction of sp³-hybridized carbons (Fsp3) is 0.280. The second kappa shape index (κ2) is 6.96. The molecule has 1 aliphatic heterocycles. The van der Waals surface area contributed by atoms with Crippen molar-refractivity contribution in [3.8, 4) is 34.1 Å². The number of ether oxygens (including phenoxy) is 4. The molecular formula is C25H24O5. The number of benzene rings is 3. The minimum absolute atomic E-state index is 0.218. The molecule has 0 fully saturated rings. The zero-order valence-corrected chi connectivity index (χ0v) is 17.3. The number of methoxy groups -OCH3 is 3. The average molecular weight is 404 g/mol. The molecule has 0 radical (unpaired) electrons. The van der Waals surface area contributed by atoms with Gasteiger partial charge in [0.25, 0.3) is 0 Å². The molecule has 5 nitrogen and oxygen atoms in total. The van der Waals surface area contributed by atoms with Crippen LogP contribution in [-0.2, 0) is 6.42 Å². The fourth-order valence-corrected chi connectivity index (χ4v) is 4.81. The summed E-state index contributed by atoms with van der Waals surface area (Å²) in [6.07, 6.45) is 0.499. The highest BCUT2D eigenvalue weighted by Crippen LogP contribution is 2.54. The summed E-state index contributed by atoms with van der Waals surface area (Å²) in [5, 5.41) is 11.6. The van der Waals surface area contributed by atoms with E-state index in [2.05, 4.69) is 18.2 Å². The number of fused-ring (bicyclic) bond motifs is 5. The lowest BCUT2D eigenvalue weighted by atomic mass is 9.79. The van der Waals surface area contributed by atoms with Crippen molar-refractivity contribution in [3.63, 3.8) is 0 Å². The van der Waals surface area contributed by atoms with Crippen molar-refractivity contribution in [1.82, 2.24) is 0 Å². The molecular weight excluding hydrogens is 380 g/mol. The normalized spacial score (nSPS) is 21.1. The fourth-order valence-electron chi connectivity index (χ4n) is 4.81. The van der Waals surface area contributed by atoms with Crippen molar-refractivity contribution < 1.29 is 24.1 Å². The van der Waals surface area contributed by atoms with Crippen LogP contribution < -0.4 is 18.9 Å². The van der Waals surface area contributed by atoms with Crippen LogP contribution in [-0.4, -0.2) is 38.6 Å². The van der Waals surface area contributed by atoms with Crippen LogP contribution >= 0.6 is 0 Å². The standard InChI is InChI=1S/C25H24O5/c1-27-20-12-21-19(10-17(20)15-7-5-4-6-8-15)24-18-11-23(29-3)22(28-2)9-16(18)13-25(24,26)14-30-21/h4-12,24,26H,13-14H2,1-3H3. The minimum Gasteiger partial charge on any atom is -0.496 e. The van der Waals surface area contributed by atoms with Crippen LogP contribution in [0.15, 0.2) is 54.6 Å². The smallest absolute Gasteiger partial charge is 0.161 e. The van der Waals surface area contributed by atoms with Crippen LogP contribution in [0.2, 0.25) is 0 Å². The molecule has 1 aliphatic carbocycles. The van der Waals surface area contributed by atoms with E-state index in [4.69, 9.17) is 18.9 Å². The van der Waals surface area contributed by atoms with Gasteiger partial charge in [0.1, 0.15) is 23.7 Å². The zero-order chi connectivity index (χ0) is 20.9. The van der Waals surface area contributed by atoms with Crippen molar-refractivity contribution in [2.45, 2.75) is 17.9 Å². The van der Waals surface area contributed by atoms with E-state index < -0.39 is 5.60 Å². The van der Waals surface area contributed by atoms with Gasteiger partial charge in [0.15, 0.2) is 11.5 Å². The summed E-state index contributed by atoms with van der Waals surface area (Å²) in [5.74, 6) is 2.59. The minimum atomic E-state index is -1.02. The highest BCUT2D eigenvalue weighted by molar-refractivity contribution is 5.74. The molecule has 0 aromatic heterocycles. The lowest BCUT2D eigenvalue weighted by Crippen LogP contribution is -2.43. The zero-order valence-electron chi connectivity index (χ0n) is 17.3. The van der Waals surface area contributed by atoms with Gasteiger partial charge < -0.3 is 24.1 Å². The first-order valence-electron chi connectivity index (χ1n) is 9.95. The summed E-state index contributed by atoms with van der Waals surface area (Å²) in [7, 11) is 4.91. The van der Waals surface area contributed by atoms with Crippen LogP contribution in [0.4, 0.5) is 0 Å². The summed E-state index contributed by atoms with van der Waals surface area (Å²) in [6, 6.07) is 18.1. The first-order valence-corrected chi connectivity index (χ1v) is 9.95. The van der Waals surface area contributed by atoms with E-state index in [1.807, 2.05) is 36.4 Å². The average Bonchev–Trinajstić information content (AvgIpc) is 3.09.